The minimum Gasteiger partial charge on any atom is -0.396 e. The highest BCUT2D eigenvalue weighted by Crippen LogP contribution is 2.18. The van der Waals surface area contributed by atoms with Gasteiger partial charge in [0.2, 0.25) is 0 Å². The van der Waals surface area contributed by atoms with E-state index in [4.69, 9.17) is 4.74 Å². The molecule has 98 valence electrons. The molecule has 0 heterocycles. The van der Waals surface area contributed by atoms with Gasteiger partial charge in [0, 0.05) is 31.8 Å². The predicted octanol–water partition coefficient (Wildman–Crippen LogP) is 2.05. The van der Waals surface area contributed by atoms with Crippen LogP contribution in [0.1, 0.15) is 40.5 Å². The maximum absolute atomic E-state index is 9.22. The van der Waals surface area contributed by atoms with Gasteiger partial charge in [-0.15, -0.1) is 0 Å². The first kappa shape index (κ1) is 15.9. The zero-order valence-corrected chi connectivity index (χ0v) is 11.4. The molecule has 3 heteroatoms. The zero-order chi connectivity index (χ0) is 12.4. The molecule has 0 saturated heterocycles. The number of aliphatic hydroxyl groups excluding tert-OH is 1. The summed E-state index contributed by atoms with van der Waals surface area (Å²) < 4.78 is 5.49. The van der Waals surface area contributed by atoms with Crippen molar-refractivity contribution in [1.29, 1.82) is 0 Å². The Labute approximate surface area is 101 Å². The van der Waals surface area contributed by atoms with Crippen LogP contribution in [-0.2, 0) is 4.74 Å². The lowest BCUT2D eigenvalue weighted by Crippen LogP contribution is -2.35. The van der Waals surface area contributed by atoms with Crippen molar-refractivity contribution in [1.82, 2.24) is 5.32 Å². The molecule has 3 nitrogen and oxygen atoms in total. The van der Waals surface area contributed by atoms with E-state index in [1.165, 1.54) is 0 Å². The van der Waals surface area contributed by atoms with E-state index >= 15 is 0 Å². The molecule has 0 saturated carbocycles. The molecule has 0 fully saturated rings. The van der Waals surface area contributed by atoms with Gasteiger partial charge in [-0.2, -0.15) is 0 Å². The van der Waals surface area contributed by atoms with Crippen molar-refractivity contribution in [3.8, 4) is 0 Å². The SMILES string of the molecule is CCC(C)(CO)CNCCCOCC(C)C. The normalized spacial score (nSPS) is 15.4. The fourth-order valence-corrected chi connectivity index (χ4v) is 1.30. The molecule has 0 aliphatic heterocycles. The quantitative estimate of drug-likeness (QED) is 0.565. The highest BCUT2D eigenvalue weighted by Gasteiger charge is 2.19. The fourth-order valence-electron chi connectivity index (χ4n) is 1.30. The first-order chi connectivity index (χ1) is 7.54. The number of rotatable bonds is 10. The van der Waals surface area contributed by atoms with E-state index in [2.05, 4.69) is 33.0 Å². The molecule has 0 aromatic rings. The van der Waals surface area contributed by atoms with Crippen molar-refractivity contribution in [2.24, 2.45) is 11.3 Å². The second kappa shape index (κ2) is 8.97. The minimum absolute atomic E-state index is 0.0266. The van der Waals surface area contributed by atoms with Crippen LogP contribution in [0.3, 0.4) is 0 Å². The average molecular weight is 231 g/mol. The molecule has 0 aliphatic carbocycles. The molecule has 16 heavy (non-hydrogen) atoms. The highest BCUT2D eigenvalue weighted by atomic mass is 16.5. The van der Waals surface area contributed by atoms with E-state index in [1.54, 1.807) is 0 Å². The number of ether oxygens (including phenoxy) is 1. The first-order valence-electron chi connectivity index (χ1n) is 6.43. The van der Waals surface area contributed by atoms with Crippen LogP contribution in [0.25, 0.3) is 0 Å². The highest BCUT2D eigenvalue weighted by molar-refractivity contribution is 4.73. The van der Waals surface area contributed by atoms with Gasteiger partial charge in [-0.1, -0.05) is 27.7 Å². The van der Waals surface area contributed by atoms with E-state index in [0.29, 0.717) is 5.92 Å². The van der Waals surface area contributed by atoms with E-state index in [9.17, 15) is 5.11 Å². The molecular weight excluding hydrogens is 202 g/mol. The topological polar surface area (TPSA) is 41.5 Å². The molecule has 0 amide bonds. The van der Waals surface area contributed by atoms with Crippen LogP contribution < -0.4 is 5.32 Å². The fraction of sp³-hybridized carbons (Fsp3) is 1.00. The molecule has 0 aromatic carbocycles. The molecule has 0 aliphatic rings. The third-order valence-corrected chi connectivity index (χ3v) is 2.88. The average Bonchev–Trinajstić information content (AvgIpc) is 2.27. The van der Waals surface area contributed by atoms with Gasteiger partial charge in [-0.3, -0.25) is 0 Å². The molecule has 0 radical (unpaired) electrons. The summed E-state index contributed by atoms with van der Waals surface area (Å²) in [5.41, 5.74) is 0.0266. The third kappa shape index (κ3) is 8.08. The van der Waals surface area contributed by atoms with Gasteiger partial charge >= 0.3 is 0 Å². The van der Waals surface area contributed by atoms with E-state index < -0.39 is 0 Å². The summed E-state index contributed by atoms with van der Waals surface area (Å²) in [5, 5.41) is 12.6. The standard InChI is InChI=1S/C13H29NO2/c1-5-13(4,11-15)10-14-7-6-8-16-9-12(2)3/h12,14-15H,5-11H2,1-4H3. The van der Waals surface area contributed by atoms with Gasteiger partial charge in [-0.05, 0) is 25.3 Å². The van der Waals surface area contributed by atoms with Crippen molar-refractivity contribution in [3.05, 3.63) is 0 Å². The van der Waals surface area contributed by atoms with Crippen molar-refractivity contribution in [3.63, 3.8) is 0 Å². The number of hydrogen-bond donors (Lipinski definition) is 2. The largest absolute Gasteiger partial charge is 0.396 e. The van der Waals surface area contributed by atoms with Gasteiger partial charge < -0.3 is 15.2 Å². The predicted molar refractivity (Wildman–Crippen MR) is 68.6 cm³/mol. The van der Waals surface area contributed by atoms with E-state index in [-0.39, 0.29) is 12.0 Å². The smallest absolute Gasteiger partial charge is 0.0496 e. The van der Waals surface area contributed by atoms with E-state index in [1.807, 2.05) is 0 Å². The Balaban J connectivity index is 3.33. The molecule has 0 spiro atoms. The molecule has 0 bridgehead atoms. The maximum atomic E-state index is 9.22. The van der Waals surface area contributed by atoms with Crippen LogP contribution in [-0.4, -0.2) is 38.0 Å². The van der Waals surface area contributed by atoms with Crippen LogP contribution in [0.15, 0.2) is 0 Å². The molecule has 1 unspecified atom stereocenters. The zero-order valence-electron chi connectivity index (χ0n) is 11.4. The van der Waals surface area contributed by atoms with Crippen LogP contribution in [0.4, 0.5) is 0 Å². The Bertz CT molecular complexity index is 156. The van der Waals surface area contributed by atoms with Crippen molar-refractivity contribution in [2.45, 2.75) is 40.5 Å². The Morgan fingerprint density at radius 2 is 2.06 bits per heavy atom. The van der Waals surface area contributed by atoms with Gasteiger partial charge in [0.1, 0.15) is 0 Å². The van der Waals surface area contributed by atoms with Crippen LogP contribution in [0.5, 0.6) is 0 Å². The third-order valence-electron chi connectivity index (χ3n) is 2.88. The Morgan fingerprint density at radius 1 is 1.38 bits per heavy atom. The monoisotopic (exact) mass is 231 g/mol. The summed E-state index contributed by atoms with van der Waals surface area (Å²) in [6.07, 6.45) is 2.04. The summed E-state index contributed by atoms with van der Waals surface area (Å²) in [6, 6.07) is 0. The van der Waals surface area contributed by atoms with Gasteiger partial charge in [0.15, 0.2) is 0 Å². The molecule has 1 atom stereocenters. The lowest BCUT2D eigenvalue weighted by molar-refractivity contribution is 0.105. The van der Waals surface area contributed by atoms with Gasteiger partial charge in [0.05, 0.1) is 0 Å². The summed E-state index contributed by atoms with van der Waals surface area (Å²) in [6.45, 7) is 12.3. The second-order valence-electron chi connectivity index (χ2n) is 5.32. The lowest BCUT2D eigenvalue weighted by atomic mass is 9.89. The van der Waals surface area contributed by atoms with Crippen molar-refractivity contribution < 1.29 is 9.84 Å². The number of hydrogen-bond acceptors (Lipinski definition) is 3. The molecular formula is C13H29NO2. The molecule has 0 aromatic heterocycles. The Morgan fingerprint density at radius 3 is 2.56 bits per heavy atom. The Kier molecular flexibility index (Phi) is 8.90. The second-order valence-corrected chi connectivity index (χ2v) is 5.32. The minimum atomic E-state index is 0.0266. The van der Waals surface area contributed by atoms with Crippen LogP contribution in [0, 0.1) is 11.3 Å². The van der Waals surface area contributed by atoms with E-state index in [0.717, 1.165) is 39.1 Å². The Hall–Kier alpha value is -0.120. The summed E-state index contributed by atoms with van der Waals surface area (Å²) >= 11 is 0. The molecule has 0 rings (SSSR count). The summed E-state index contributed by atoms with van der Waals surface area (Å²) in [5.74, 6) is 0.616. The first-order valence-corrected chi connectivity index (χ1v) is 6.43. The summed E-state index contributed by atoms with van der Waals surface area (Å²) in [7, 11) is 0. The van der Waals surface area contributed by atoms with Crippen LogP contribution >= 0.6 is 0 Å². The number of aliphatic hydroxyl groups is 1. The van der Waals surface area contributed by atoms with Crippen LogP contribution in [0.2, 0.25) is 0 Å². The maximum Gasteiger partial charge on any atom is 0.0496 e. The number of nitrogens with one attached hydrogen (secondary N) is 1. The lowest BCUT2D eigenvalue weighted by Gasteiger charge is -2.25. The van der Waals surface area contributed by atoms with Crippen molar-refractivity contribution in [2.75, 3.05) is 32.9 Å². The molecule has 2 N–H and O–H groups in total. The summed E-state index contributed by atoms with van der Waals surface area (Å²) in [4.78, 5) is 0. The van der Waals surface area contributed by atoms with Crippen molar-refractivity contribution >= 4 is 0 Å². The van der Waals surface area contributed by atoms with Gasteiger partial charge in [0.25, 0.3) is 0 Å². The van der Waals surface area contributed by atoms with Gasteiger partial charge in [-0.25, -0.2) is 0 Å².